The third-order valence-electron chi connectivity index (χ3n) is 6.10. The van der Waals surface area contributed by atoms with Crippen molar-refractivity contribution in [2.75, 3.05) is 19.6 Å². The topological polar surface area (TPSA) is 82.1 Å². The van der Waals surface area contributed by atoms with Crippen LogP contribution in [0.1, 0.15) is 58.1 Å². The Kier molecular flexibility index (Phi) is 8.45. The van der Waals surface area contributed by atoms with E-state index in [1.54, 1.807) is 12.1 Å². The summed E-state index contributed by atoms with van der Waals surface area (Å²) >= 11 is 0. The Hall–Kier alpha value is -3.19. The summed E-state index contributed by atoms with van der Waals surface area (Å²) in [4.78, 5) is 36.7. The van der Waals surface area contributed by atoms with Crippen molar-refractivity contribution in [2.45, 2.75) is 58.8 Å². The Morgan fingerprint density at radius 2 is 1.62 bits per heavy atom. The molecule has 0 N–H and O–H groups in total. The molecule has 1 saturated heterocycles. The highest BCUT2D eigenvalue weighted by molar-refractivity contribution is 5.73. The second-order valence-corrected chi connectivity index (χ2v) is 8.90. The molecule has 0 amide bonds. The Morgan fingerprint density at radius 3 is 2.29 bits per heavy atom. The summed E-state index contributed by atoms with van der Waals surface area (Å²) in [7, 11) is 0. The van der Waals surface area contributed by atoms with Crippen LogP contribution in [-0.2, 0) is 26.2 Å². The van der Waals surface area contributed by atoms with Crippen LogP contribution >= 0.6 is 0 Å². The SMILES string of the molecule is CCCC1(c2cccc(OC(C)=O)c2)CCN(CCc2ccc(OC(C)=O)c(OC(C)=O)c2)C1. The molecule has 0 aromatic heterocycles. The number of hydrogen-bond donors (Lipinski definition) is 0. The van der Waals surface area contributed by atoms with E-state index in [-0.39, 0.29) is 22.9 Å². The van der Waals surface area contributed by atoms with Gasteiger partial charge in [0, 0.05) is 39.3 Å². The predicted octanol–water partition coefficient (Wildman–Crippen LogP) is 4.45. The Labute approximate surface area is 201 Å². The molecular formula is C27H33NO6. The van der Waals surface area contributed by atoms with Crippen LogP contribution in [0.4, 0.5) is 0 Å². The number of ether oxygens (including phenoxy) is 3. The molecule has 1 heterocycles. The first-order valence-corrected chi connectivity index (χ1v) is 11.7. The normalized spacial score (nSPS) is 17.9. The van der Waals surface area contributed by atoms with Crippen LogP contribution in [0.2, 0.25) is 0 Å². The molecular weight excluding hydrogens is 434 g/mol. The summed E-state index contributed by atoms with van der Waals surface area (Å²) in [5.41, 5.74) is 2.22. The summed E-state index contributed by atoms with van der Waals surface area (Å²) in [6.45, 7) is 8.98. The van der Waals surface area contributed by atoms with Crippen molar-refractivity contribution in [3.63, 3.8) is 0 Å². The molecule has 2 aromatic rings. The van der Waals surface area contributed by atoms with Crippen molar-refractivity contribution in [3.8, 4) is 17.2 Å². The van der Waals surface area contributed by atoms with E-state index in [0.29, 0.717) is 5.75 Å². The molecule has 1 unspecified atom stereocenters. The average Bonchev–Trinajstić information content (AvgIpc) is 3.17. The first kappa shape index (κ1) is 25.4. The van der Waals surface area contributed by atoms with Crippen LogP contribution in [-0.4, -0.2) is 42.4 Å². The van der Waals surface area contributed by atoms with Gasteiger partial charge in [-0.2, -0.15) is 0 Å². The summed E-state index contributed by atoms with van der Waals surface area (Å²) in [5.74, 6) is -0.174. The molecule has 1 aliphatic rings. The van der Waals surface area contributed by atoms with Gasteiger partial charge in [0.15, 0.2) is 11.5 Å². The number of esters is 3. The van der Waals surface area contributed by atoms with Gasteiger partial charge in [-0.3, -0.25) is 14.4 Å². The van der Waals surface area contributed by atoms with Gasteiger partial charge >= 0.3 is 17.9 Å². The third-order valence-corrected chi connectivity index (χ3v) is 6.10. The van der Waals surface area contributed by atoms with Gasteiger partial charge < -0.3 is 19.1 Å². The van der Waals surface area contributed by atoms with Gasteiger partial charge in [-0.05, 0) is 61.2 Å². The lowest BCUT2D eigenvalue weighted by Crippen LogP contribution is -2.32. The molecule has 0 aliphatic carbocycles. The molecule has 7 nitrogen and oxygen atoms in total. The smallest absolute Gasteiger partial charge is 0.308 e. The van der Waals surface area contributed by atoms with E-state index in [2.05, 4.69) is 17.9 Å². The minimum absolute atomic E-state index is 0.0208. The second kappa shape index (κ2) is 11.3. The zero-order valence-corrected chi connectivity index (χ0v) is 20.4. The van der Waals surface area contributed by atoms with E-state index in [1.165, 1.54) is 26.3 Å². The van der Waals surface area contributed by atoms with Crippen molar-refractivity contribution in [3.05, 3.63) is 53.6 Å². The largest absolute Gasteiger partial charge is 0.427 e. The van der Waals surface area contributed by atoms with Gasteiger partial charge in [0.05, 0.1) is 0 Å². The lowest BCUT2D eigenvalue weighted by atomic mass is 9.76. The number of carbonyl (C=O) groups excluding carboxylic acids is 3. The lowest BCUT2D eigenvalue weighted by Gasteiger charge is -2.30. The van der Waals surface area contributed by atoms with Crippen LogP contribution in [0.25, 0.3) is 0 Å². The zero-order chi connectivity index (χ0) is 24.7. The molecule has 0 spiro atoms. The molecule has 1 fully saturated rings. The molecule has 1 atom stereocenters. The first-order valence-electron chi connectivity index (χ1n) is 11.7. The summed E-state index contributed by atoms with van der Waals surface area (Å²) in [5, 5.41) is 0. The third kappa shape index (κ3) is 6.67. The molecule has 0 radical (unpaired) electrons. The number of hydrogen-bond acceptors (Lipinski definition) is 7. The van der Waals surface area contributed by atoms with Gasteiger partial charge in [0.25, 0.3) is 0 Å². The quantitative estimate of drug-likeness (QED) is 0.398. The van der Waals surface area contributed by atoms with E-state index in [0.717, 1.165) is 50.9 Å². The molecule has 1 aliphatic heterocycles. The molecule has 3 rings (SSSR count). The van der Waals surface area contributed by atoms with Crippen molar-refractivity contribution >= 4 is 17.9 Å². The molecule has 34 heavy (non-hydrogen) atoms. The van der Waals surface area contributed by atoms with E-state index >= 15 is 0 Å². The fraction of sp³-hybridized carbons (Fsp3) is 0.444. The summed E-state index contributed by atoms with van der Waals surface area (Å²) in [6, 6.07) is 13.2. The highest BCUT2D eigenvalue weighted by atomic mass is 16.6. The Morgan fingerprint density at radius 1 is 0.912 bits per heavy atom. The molecule has 7 heteroatoms. The molecule has 182 valence electrons. The maximum Gasteiger partial charge on any atom is 0.308 e. The Balaban J connectivity index is 1.71. The van der Waals surface area contributed by atoms with Crippen molar-refractivity contribution in [1.82, 2.24) is 4.90 Å². The van der Waals surface area contributed by atoms with Crippen molar-refractivity contribution < 1.29 is 28.6 Å². The van der Waals surface area contributed by atoms with Gasteiger partial charge in [-0.15, -0.1) is 0 Å². The number of likely N-dealkylation sites (tertiary alicyclic amines) is 1. The van der Waals surface area contributed by atoms with Crippen molar-refractivity contribution in [2.24, 2.45) is 0 Å². The van der Waals surface area contributed by atoms with Crippen LogP contribution in [0, 0.1) is 0 Å². The number of benzene rings is 2. The standard InChI is InChI=1S/C27H33NO6/c1-5-12-27(23-7-6-8-24(17-23)32-19(2)29)13-15-28(18-27)14-11-22-9-10-25(33-20(3)30)26(16-22)34-21(4)31/h6-10,16-17H,5,11-15,18H2,1-4H3. The first-order chi connectivity index (χ1) is 16.2. The van der Waals surface area contributed by atoms with Gasteiger partial charge in [0.2, 0.25) is 0 Å². The maximum absolute atomic E-state index is 11.5. The van der Waals surface area contributed by atoms with Gasteiger partial charge in [0.1, 0.15) is 5.75 Å². The van der Waals surface area contributed by atoms with Crippen molar-refractivity contribution in [1.29, 1.82) is 0 Å². The molecule has 0 bridgehead atoms. The summed E-state index contributed by atoms with van der Waals surface area (Å²) < 4.78 is 15.7. The highest BCUT2D eigenvalue weighted by Gasteiger charge is 2.38. The predicted molar refractivity (Wildman–Crippen MR) is 128 cm³/mol. The van der Waals surface area contributed by atoms with Crippen LogP contribution in [0.3, 0.4) is 0 Å². The van der Waals surface area contributed by atoms with E-state index in [9.17, 15) is 14.4 Å². The van der Waals surface area contributed by atoms with Gasteiger partial charge in [-0.25, -0.2) is 0 Å². The van der Waals surface area contributed by atoms with Crippen LogP contribution in [0.15, 0.2) is 42.5 Å². The zero-order valence-electron chi connectivity index (χ0n) is 20.4. The van der Waals surface area contributed by atoms with E-state index in [4.69, 9.17) is 14.2 Å². The monoisotopic (exact) mass is 467 g/mol. The summed E-state index contributed by atoms with van der Waals surface area (Å²) in [6.07, 6.45) is 3.93. The minimum Gasteiger partial charge on any atom is -0.427 e. The molecule has 2 aromatic carbocycles. The second-order valence-electron chi connectivity index (χ2n) is 8.90. The maximum atomic E-state index is 11.5. The molecule has 0 saturated carbocycles. The highest BCUT2D eigenvalue weighted by Crippen LogP contribution is 2.40. The number of nitrogens with zero attached hydrogens (tertiary/aromatic N) is 1. The number of rotatable bonds is 9. The fourth-order valence-corrected chi connectivity index (χ4v) is 4.74. The number of carbonyl (C=O) groups is 3. The fourth-order valence-electron chi connectivity index (χ4n) is 4.74. The van der Waals surface area contributed by atoms with Crippen LogP contribution in [0.5, 0.6) is 17.2 Å². The minimum atomic E-state index is -0.469. The lowest BCUT2D eigenvalue weighted by molar-refractivity contribution is -0.134. The van der Waals surface area contributed by atoms with Gasteiger partial charge in [-0.1, -0.05) is 31.5 Å². The Bertz CT molecular complexity index is 1050. The van der Waals surface area contributed by atoms with Crippen LogP contribution < -0.4 is 14.2 Å². The average molecular weight is 468 g/mol. The van der Waals surface area contributed by atoms with E-state index in [1.807, 2.05) is 24.3 Å². The van der Waals surface area contributed by atoms with E-state index < -0.39 is 11.9 Å².